The van der Waals surface area contributed by atoms with Gasteiger partial charge in [-0.2, -0.15) is 0 Å². The van der Waals surface area contributed by atoms with Crippen molar-refractivity contribution in [1.29, 1.82) is 0 Å². The van der Waals surface area contributed by atoms with Crippen molar-refractivity contribution in [2.45, 2.75) is 27.7 Å². The molecule has 1 heteroatoms. The monoisotopic (exact) mass is 138 g/mol. The zero-order valence-electron chi connectivity index (χ0n) is 7.06. The molecule has 0 saturated heterocycles. The van der Waals surface area contributed by atoms with Crippen LogP contribution >= 0.6 is 0 Å². The maximum Gasteiger partial charge on any atom is 0.181 e. The van der Waals surface area contributed by atoms with Crippen LogP contribution in [0.4, 0.5) is 0 Å². The van der Waals surface area contributed by atoms with Crippen molar-refractivity contribution in [3.63, 3.8) is 0 Å². The summed E-state index contributed by atoms with van der Waals surface area (Å²) in [6.45, 7) is 7.57. The Morgan fingerprint density at radius 3 is 2.00 bits per heavy atom. The summed E-state index contributed by atoms with van der Waals surface area (Å²) in [7, 11) is 0. The molecule has 0 saturated carbocycles. The molecule has 0 aliphatic carbocycles. The first-order valence-corrected chi connectivity index (χ1v) is 3.40. The minimum atomic E-state index is 0.113. The Bertz CT molecular complexity index is 181. The second-order valence-electron chi connectivity index (χ2n) is 2.49. The number of allylic oxidation sites excluding steroid dienone is 4. The van der Waals surface area contributed by atoms with Gasteiger partial charge in [-0.3, -0.25) is 4.79 Å². The molecule has 1 nitrogen and oxygen atoms in total. The van der Waals surface area contributed by atoms with E-state index in [0.717, 1.165) is 11.1 Å². The third-order valence-corrected chi connectivity index (χ3v) is 1.44. The van der Waals surface area contributed by atoms with E-state index in [4.69, 9.17) is 0 Å². The van der Waals surface area contributed by atoms with E-state index in [1.807, 2.05) is 27.7 Å². The van der Waals surface area contributed by atoms with Crippen LogP contribution in [0, 0.1) is 0 Å². The Labute approximate surface area is 62.4 Å². The SMILES string of the molecule is C/C=C/C(=O)C(C)=C(C)C. The minimum Gasteiger partial charge on any atom is -0.290 e. The maximum atomic E-state index is 11.0. The van der Waals surface area contributed by atoms with Gasteiger partial charge < -0.3 is 0 Å². The van der Waals surface area contributed by atoms with Crippen LogP contribution in [0.15, 0.2) is 23.3 Å². The van der Waals surface area contributed by atoms with Crippen LogP contribution < -0.4 is 0 Å². The van der Waals surface area contributed by atoms with Crippen LogP contribution in [0.25, 0.3) is 0 Å². The van der Waals surface area contributed by atoms with Crippen LogP contribution in [0.3, 0.4) is 0 Å². The van der Waals surface area contributed by atoms with E-state index in [-0.39, 0.29) is 5.78 Å². The highest BCUT2D eigenvalue weighted by atomic mass is 16.1. The number of carbonyl (C=O) groups is 1. The summed E-state index contributed by atoms with van der Waals surface area (Å²) in [5, 5.41) is 0. The van der Waals surface area contributed by atoms with Gasteiger partial charge in [0, 0.05) is 0 Å². The summed E-state index contributed by atoms with van der Waals surface area (Å²) in [5.74, 6) is 0.113. The Hall–Kier alpha value is -0.850. The Morgan fingerprint density at radius 1 is 1.20 bits per heavy atom. The van der Waals surface area contributed by atoms with Crippen LogP contribution in [0.1, 0.15) is 27.7 Å². The molecular formula is C9H14O. The van der Waals surface area contributed by atoms with Crippen molar-refractivity contribution < 1.29 is 4.79 Å². The Kier molecular flexibility index (Phi) is 3.70. The quantitative estimate of drug-likeness (QED) is 0.536. The number of hydrogen-bond acceptors (Lipinski definition) is 1. The molecule has 0 aliphatic rings. The standard InChI is InChI=1S/C9H14O/c1-5-6-9(10)8(4)7(2)3/h5-6H,1-4H3/b6-5+. The predicted molar refractivity (Wildman–Crippen MR) is 43.9 cm³/mol. The molecule has 0 radical (unpaired) electrons. The lowest BCUT2D eigenvalue weighted by atomic mass is 10.1. The van der Waals surface area contributed by atoms with Crippen molar-refractivity contribution in [2.75, 3.05) is 0 Å². The fourth-order valence-corrected chi connectivity index (χ4v) is 0.523. The first-order chi connectivity index (χ1) is 4.59. The average molecular weight is 138 g/mol. The smallest absolute Gasteiger partial charge is 0.181 e. The second-order valence-corrected chi connectivity index (χ2v) is 2.49. The fraction of sp³-hybridized carbons (Fsp3) is 0.444. The van der Waals surface area contributed by atoms with Gasteiger partial charge in [0.15, 0.2) is 5.78 Å². The van der Waals surface area contributed by atoms with Crippen LogP contribution in [-0.4, -0.2) is 5.78 Å². The molecule has 0 heterocycles. The van der Waals surface area contributed by atoms with E-state index in [0.29, 0.717) is 0 Å². The Morgan fingerprint density at radius 2 is 1.70 bits per heavy atom. The van der Waals surface area contributed by atoms with Gasteiger partial charge in [-0.05, 0) is 39.3 Å². The van der Waals surface area contributed by atoms with Crippen LogP contribution in [0.2, 0.25) is 0 Å². The third-order valence-electron chi connectivity index (χ3n) is 1.44. The molecule has 0 unspecified atom stereocenters. The highest BCUT2D eigenvalue weighted by Crippen LogP contribution is 2.03. The van der Waals surface area contributed by atoms with Gasteiger partial charge in [-0.1, -0.05) is 11.6 Å². The van der Waals surface area contributed by atoms with E-state index in [2.05, 4.69) is 0 Å². The number of rotatable bonds is 2. The van der Waals surface area contributed by atoms with E-state index in [1.165, 1.54) is 0 Å². The first-order valence-electron chi connectivity index (χ1n) is 3.40. The molecule has 56 valence electrons. The summed E-state index contributed by atoms with van der Waals surface area (Å²) in [4.78, 5) is 11.0. The van der Waals surface area contributed by atoms with Gasteiger partial charge in [0.25, 0.3) is 0 Å². The van der Waals surface area contributed by atoms with Gasteiger partial charge >= 0.3 is 0 Å². The molecule has 0 aromatic carbocycles. The highest BCUT2D eigenvalue weighted by molar-refractivity contribution is 6.03. The summed E-state index contributed by atoms with van der Waals surface area (Å²) in [6.07, 6.45) is 3.34. The maximum absolute atomic E-state index is 11.0. The summed E-state index contributed by atoms with van der Waals surface area (Å²) in [5.41, 5.74) is 1.93. The average Bonchev–Trinajstić information content (AvgIpc) is 1.87. The molecule has 0 aliphatic heterocycles. The van der Waals surface area contributed by atoms with E-state index < -0.39 is 0 Å². The highest BCUT2D eigenvalue weighted by Gasteiger charge is 1.98. The van der Waals surface area contributed by atoms with Gasteiger partial charge in [0.2, 0.25) is 0 Å². The molecule has 0 aromatic rings. The largest absolute Gasteiger partial charge is 0.290 e. The number of hydrogen-bond donors (Lipinski definition) is 0. The molecular weight excluding hydrogens is 124 g/mol. The van der Waals surface area contributed by atoms with Gasteiger partial charge in [0.1, 0.15) is 0 Å². The number of ketones is 1. The molecule has 0 atom stereocenters. The molecule has 0 bridgehead atoms. The van der Waals surface area contributed by atoms with Crippen molar-refractivity contribution in [3.8, 4) is 0 Å². The second kappa shape index (κ2) is 4.04. The van der Waals surface area contributed by atoms with Crippen LogP contribution in [-0.2, 0) is 4.79 Å². The lowest BCUT2D eigenvalue weighted by Gasteiger charge is -1.95. The van der Waals surface area contributed by atoms with Crippen molar-refractivity contribution in [3.05, 3.63) is 23.3 Å². The van der Waals surface area contributed by atoms with E-state index >= 15 is 0 Å². The lowest BCUT2D eigenvalue weighted by Crippen LogP contribution is -1.95. The minimum absolute atomic E-state index is 0.113. The van der Waals surface area contributed by atoms with Crippen LogP contribution in [0.5, 0.6) is 0 Å². The summed E-state index contributed by atoms with van der Waals surface area (Å²) >= 11 is 0. The molecule has 0 rings (SSSR count). The van der Waals surface area contributed by atoms with Gasteiger partial charge in [-0.15, -0.1) is 0 Å². The topological polar surface area (TPSA) is 17.1 Å². The molecule has 0 spiro atoms. The molecule has 0 N–H and O–H groups in total. The van der Waals surface area contributed by atoms with Gasteiger partial charge in [-0.25, -0.2) is 0 Å². The number of carbonyl (C=O) groups excluding carboxylic acids is 1. The molecule has 0 aromatic heterocycles. The first kappa shape index (κ1) is 9.15. The van der Waals surface area contributed by atoms with E-state index in [9.17, 15) is 4.79 Å². The molecule has 0 amide bonds. The predicted octanol–water partition coefficient (Wildman–Crippen LogP) is 2.49. The van der Waals surface area contributed by atoms with Crippen molar-refractivity contribution in [1.82, 2.24) is 0 Å². The van der Waals surface area contributed by atoms with Gasteiger partial charge in [0.05, 0.1) is 0 Å². The molecule has 0 fully saturated rings. The lowest BCUT2D eigenvalue weighted by molar-refractivity contribution is -0.111. The Balaban J connectivity index is 4.38. The van der Waals surface area contributed by atoms with Crippen molar-refractivity contribution >= 4 is 5.78 Å². The fourth-order valence-electron chi connectivity index (χ4n) is 0.523. The van der Waals surface area contributed by atoms with E-state index in [1.54, 1.807) is 12.2 Å². The zero-order chi connectivity index (χ0) is 8.15. The zero-order valence-corrected chi connectivity index (χ0v) is 7.06. The summed E-state index contributed by atoms with van der Waals surface area (Å²) in [6, 6.07) is 0. The third kappa shape index (κ3) is 2.62. The summed E-state index contributed by atoms with van der Waals surface area (Å²) < 4.78 is 0. The normalized spacial score (nSPS) is 10.0. The van der Waals surface area contributed by atoms with Crippen molar-refractivity contribution in [2.24, 2.45) is 0 Å². The molecule has 10 heavy (non-hydrogen) atoms.